The molecular formula is C18H25ClN4O3S2. The molecular weight excluding hydrogens is 420 g/mol. The van der Waals surface area contributed by atoms with Gasteiger partial charge in [0.25, 0.3) is 5.91 Å². The molecule has 1 aliphatic heterocycles. The summed E-state index contributed by atoms with van der Waals surface area (Å²) in [6, 6.07) is 5.19. The number of rotatable bonds is 5. The second kappa shape index (κ2) is 7.78. The topological polar surface area (TPSA) is 84.3 Å². The van der Waals surface area contributed by atoms with Crippen molar-refractivity contribution >= 4 is 44.7 Å². The van der Waals surface area contributed by atoms with Gasteiger partial charge in [-0.2, -0.15) is 14.1 Å². The van der Waals surface area contributed by atoms with Gasteiger partial charge in [0, 0.05) is 22.9 Å². The molecule has 3 heterocycles. The molecule has 0 aromatic carbocycles. The number of thiophene rings is 1. The Hall–Kier alpha value is -1.42. The highest BCUT2D eigenvalue weighted by Crippen LogP contribution is 2.35. The fraction of sp³-hybridized carbons (Fsp3) is 0.556. The van der Waals surface area contributed by atoms with E-state index in [0.717, 1.165) is 11.3 Å². The van der Waals surface area contributed by atoms with Crippen molar-refractivity contribution in [1.82, 2.24) is 14.1 Å². The van der Waals surface area contributed by atoms with E-state index in [1.165, 1.54) is 26.6 Å². The van der Waals surface area contributed by atoms with Gasteiger partial charge in [-0.25, -0.2) is 8.42 Å². The molecule has 0 bridgehead atoms. The van der Waals surface area contributed by atoms with Crippen LogP contribution in [-0.4, -0.2) is 41.2 Å². The summed E-state index contributed by atoms with van der Waals surface area (Å²) in [4.78, 5) is 13.9. The van der Waals surface area contributed by atoms with Gasteiger partial charge in [0.2, 0.25) is 10.0 Å². The van der Waals surface area contributed by atoms with E-state index in [-0.39, 0.29) is 11.9 Å². The number of sulfonamides is 1. The van der Waals surface area contributed by atoms with Crippen LogP contribution in [0.5, 0.6) is 0 Å². The van der Waals surface area contributed by atoms with Gasteiger partial charge in [-0.05, 0) is 25.0 Å². The number of aromatic nitrogens is 2. The van der Waals surface area contributed by atoms with E-state index in [0.29, 0.717) is 35.4 Å². The van der Waals surface area contributed by atoms with Gasteiger partial charge >= 0.3 is 0 Å². The van der Waals surface area contributed by atoms with Gasteiger partial charge in [-0.15, -0.1) is 11.3 Å². The first-order chi connectivity index (χ1) is 13.0. The predicted octanol–water partition coefficient (Wildman–Crippen LogP) is 3.99. The van der Waals surface area contributed by atoms with Gasteiger partial charge < -0.3 is 5.32 Å². The monoisotopic (exact) mass is 444 g/mol. The van der Waals surface area contributed by atoms with Crippen LogP contribution in [0.2, 0.25) is 4.34 Å². The van der Waals surface area contributed by atoms with Crippen LogP contribution >= 0.6 is 22.9 Å². The maximum Gasteiger partial charge on any atom is 0.254 e. The smallest absolute Gasteiger partial charge is 0.254 e. The summed E-state index contributed by atoms with van der Waals surface area (Å²) >= 11 is 7.45. The summed E-state index contributed by atoms with van der Waals surface area (Å²) in [7, 11) is -3.34. The fourth-order valence-corrected chi connectivity index (χ4v) is 5.38. The number of hydrogen-bond donors (Lipinski definition) is 1. The Kier molecular flexibility index (Phi) is 5.91. The van der Waals surface area contributed by atoms with E-state index in [1.807, 2.05) is 32.9 Å². The van der Waals surface area contributed by atoms with Crippen LogP contribution in [0.3, 0.4) is 0 Å². The Morgan fingerprint density at radius 1 is 1.39 bits per heavy atom. The Labute approximate surface area is 174 Å². The van der Waals surface area contributed by atoms with Crippen molar-refractivity contribution in [3.8, 4) is 0 Å². The van der Waals surface area contributed by atoms with Crippen LogP contribution < -0.4 is 5.32 Å². The summed E-state index contributed by atoms with van der Waals surface area (Å²) in [5.41, 5.74) is -0.0368. The van der Waals surface area contributed by atoms with Crippen molar-refractivity contribution in [2.45, 2.75) is 46.2 Å². The van der Waals surface area contributed by atoms with Crippen LogP contribution in [0, 0.1) is 5.41 Å². The van der Waals surface area contributed by atoms with Gasteiger partial charge in [0.05, 0.1) is 28.9 Å². The third-order valence-corrected chi connectivity index (χ3v) is 7.13. The van der Waals surface area contributed by atoms with Crippen LogP contribution in [0.25, 0.3) is 0 Å². The van der Waals surface area contributed by atoms with E-state index in [9.17, 15) is 13.2 Å². The van der Waals surface area contributed by atoms with Crippen LogP contribution in [0.4, 0.5) is 5.82 Å². The Bertz CT molecular complexity index is 975. The molecule has 0 aliphatic carbocycles. The minimum absolute atomic E-state index is 0.158. The fourth-order valence-electron chi connectivity index (χ4n) is 3.22. The molecule has 1 atom stereocenters. The standard InChI is InChI=1S/C18H25ClN4O3S2/c1-18(2,3)17(24)23-16(20-11-12-7-8-15(19)27-12)10-13(21-23)14-6-5-9-22(14)28(4,25)26/h7-8,10,14,20H,5-6,9,11H2,1-4H3. The van der Waals surface area contributed by atoms with E-state index < -0.39 is 15.4 Å². The van der Waals surface area contributed by atoms with Gasteiger partial charge in [0.15, 0.2) is 0 Å². The lowest BCUT2D eigenvalue weighted by molar-refractivity contribution is 0.0751. The van der Waals surface area contributed by atoms with Crippen molar-refractivity contribution in [1.29, 1.82) is 0 Å². The average Bonchev–Trinajstić information content (AvgIpc) is 3.29. The van der Waals surface area contributed by atoms with E-state index in [2.05, 4.69) is 10.4 Å². The summed E-state index contributed by atoms with van der Waals surface area (Å²) < 4.78 is 27.8. The summed E-state index contributed by atoms with van der Waals surface area (Å²) in [5.74, 6) is 0.397. The highest BCUT2D eigenvalue weighted by Gasteiger charge is 2.36. The molecule has 1 saturated heterocycles. The first-order valence-electron chi connectivity index (χ1n) is 9.06. The molecule has 0 spiro atoms. The first kappa shape index (κ1) is 21.3. The second-order valence-corrected chi connectivity index (χ2v) is 11.7. The largest absolute Gasteiger partial charge is 0.365 e. The van der Waals surface area contributed by atoms with Crippen molar-refractivity contribution in [2.24, 2.45) is 5.41 Å². The normalized spacial score (nSPS) is 18.5. The van der Waals surface area contributed by atoms with Gasteiger partial charge in [-0.3, -0.25) is 4.79 Å². The zero-order chi connectivity index (χ0) is 20.7. The minimum Gasteiger partial charge on any atom is -0.365 e. The number of nitrogens with zero attached hydrogens (tertiary/aromatic N) is 3. The highest BCUT2D eigenvalue weighted by molar-refractivity contribution is 7.88. The number of carbonyl (C=O) groups is 1. The van der Waals surface area contributed by atoms with Crippen LogP contribution in [0.15, 0.2) is 18.2 Å². The SMILES string of the molecule is CC(C)(C)C(=O)n1nc(C2CCCN2S(C)(=O)=O)cc1NCc1ccc(Cl)s1. The molecule has 154 valence electrons. The highest BCUT2D eigenvalue weighted by atomic mass is 35.5. The molecule has 10 heteroatoms. The molecule has 0 amide bonds. The maximum absolute atomic E-state index is 12.9. The first-order valence-corrected chi connectivity index (χ1v) is 12.1. The third kappa shape index (κ3) is 4.59. The molecule has 1 N–H and O–H groups in total. The average molecular weight is 445 g/mol. The lowest BCUT2D eigenvalue weighted by Gasteiger charge is -2.20. The van der Waals surface area contributed by atoms with Gasteiger partial charge in [-0.1, -0.05) is 32.4 Å². The molecule has 3 rings (SSSR count). The Morgan fingerprint density at radius 2 is 2.11 bits per heavy atom. The maximum atomic E-state index is 12.9. The number of anilines is 1. The van der Waals surface area contributed by atoms with Crippen LogP contribution in [-0.2, 0) is 16.6 Å². The quantitative estimate of drug-likeness (QED) is 0.753. The molecule has 0 radical (unpaired) electrons. The second-order valence-electron chi connectivity index (χ2n) is 8.01. The molecule has 2 aromatic heterocycles. The van der Waals surface area contributed by atoms with E-state index in [1.54, 1.807) is 6.07 Å². The molecule has 1 fully saturated rings. The molecule has 7 nitrogen and oxygen atoms in total. The molecule has 1 unspecified atom stereocenters. The number of carbonyl (C=O) groups excluding carboxylic acids is 1. The predicted molar refractivity (Wildman–Crippen MR) is 112 cm³/mol. The van der Waals surface area contributed by atoms with Crippen molar-refractivity contribution < 1.29 is 13.2 Å². The number of hydrogen-bond acceptors (Lipinski definition) is 6. The number of halogens is 1. The Balaban J connectivity index is 1.94. The number of nitrogens with one attached hydrogen (secondary N) is 1. The summed E-state index contributed by atoms with van der Waals surface area (Å²) in [5, 5.41) is 7.77. The van der Waals surface area contributed by atoms with E-state index >= 15 is 0 Å². The molecule has 0 saturated carbocycles. The van der Waals surface area contributed by atoms with E-state index in [4.69, 9.17) is 11.6 Å². The zero-order valence-electron chi connectivity index (χ0n) is 16.4. The van der Waals surface area contributed by atoms with Crippen molar-refractivity contribution in [2.75, 3.05) is 18.1 Å². The molecule has 1 aliphatic rings. The lowest BCUT2D eigenvalue weighted by atomic mass is 9.96. The summed E-state index contributed by atoms with van der Waals surface area (Å²) in [6.45, 7) is 6.47. The lowest BCUT2D eigenvalue weighted by Crippen LogP contribution is -2.31. The van der Waals surface area contributed by atoms with Crippen LogP contribution in [0.1, 0.15) is 55.0 Å². The minimum atomic E-state index is -3.34. The molecule has 2 aromatic rings. The van der Waals surface area contributed by atoms with Crippen molar-refractivity contribution in [3.05, 3.63) is 33.1 Å². The zero-order valence-corrected chi connectivity index (χ0v) is 18.8. The molecule has 28 heavy (non-hydrogen) atoms. The summed E-state index contributed by atoms with van der Waals surface area (Å²) in [6.07, 6.45) is 2.67. The van der Waals surface area contributed by atoms with Crippen molar-refractivity contribution in [3.63, 3.8) is 0 Å². The third-order valence-electron chi connectivity index (χ3n) is 4.61. The Morgan fingerprint density at radius 3 is 2.68 bits per heavy atom. The van der Waals surface area contributed by atoms with Gasteiger partial charge in [0.1, 0.15) is 5.82 Å².